The average Bonchev–Trinajstić information content (AvgIpc) is 2.27. The van der Waals surface area contributed by atoms with E-state index in [1.165, 1.54) is 0 Å². The van der Waals surface area contributed by atoms with Crippen LogP contribution in [0.15, 0.2) is 36.4 Å². The van der Waals surface area contributed by atoms with Gasteiger partial charge in [0.05, 0.1) is 5.38 Å². The van der Waals surface area contributed by atoms with Gasteiger partial charge in [0.2, 0.25) is 0 Å². The molecule has 0 saturated heterocycles. The molecule has 0 aliphatic carbocycles. The molecule has 2 aromatic carbocycles. The highest BCUT2D eigenvalue weighted by Gasteiger charge is 2.20. The Hall–Kier alpha value is -1.19. The Bertz CT molecular complexity index is 576. The van der Waals surface area contributed by atoms with Gasteiger partial charge in [-0.2, -0.15) is 0 Å². The first-order valence-electron chi connectivity index (χ1n) is 5.50. The van der Waals surface area contributed by atoms with E-state index in [1.54, 1.807) is 24.3 Å². The van der Waals surface area contributed by atoms with E-state index in [0.29, 0.717) is 17.2 Å². The van der Waals surface area contributed by atoms with Crippen LogP contribution in [0.1, 0.15) is 16.5 Å². The molecule has 0 aromatic heterocycles. The Morgan fingerprint density at radius 2 is 1.63 bits per heavy atom. The Balaban J connectivity index is 2.28. The molecule has 1 atom stereocenters. The van der Waals surface area contributed by atoms with Crippen LogP contribution in [-0.2, 0) is 6.42 Å². The Morgan fingerprint density at radius 1 is 1.00 bits per heavy atom. The van der Waals surface area contributed by atoms with Crippen molar-refractivity contribution in [2.24, 2.45) is 0 Å². The number of rotatable bonds is 3. The van der Waals surface area contributed by atoms with Gasteiger partial charge >= 0.3 is 0 Å². The molecule has 0 aliphatic rings. The quantitative estimate of drug-likeness (QED) is 0.677. The maximum atomic E-state index is 13.6. The fourth-order valence-electron chi connectivity index (χ4n) is 1.83. The van der Waals surface area contributed by atoms with Gasteiger partial charge in [-0.05, 0) is 24.1 Å². The van der Waals surface area contributed by atoms with Crippen LogP contribution in [-0.4, -0.2) is 0 Å². The van der Waals surface area contributed by atoms with Crippen molar-refractivity contribution >= 4 is 23.2 Å². The number of hydrogen-bond donors (Lipinski definition) is 0. The molecule has 100 valence electrons. The van der Waals surface area contributed by atoms with Gasteiger partial charge in [0.15, 0.2) is 0 Å². The van der Waals surface area contributed by atoms with Gasteiger partial charge in [-0.25, -0.2) is 13.2 Å². The predicted molar refractivity (Wildman–Crippen MR) is 70.1 cm³/mol. The normalized spacial score (nSPS) is 12.5. The maximum Gasteiger partial charge on any atom is 0.133 e. The molecule has 0 saturated carbocycles. The molecular weight excluding hydrogens is 296 g/mol. The van der Waals surface area contributed by atoms with Crippen molar-refractivity contribution in [3.63, 3.8) is 0 Å². The number of benzene rings is 2. The summed E-state index contributed by atoms with van der Waals surface area (Å²) in [4.78, 5) is 0. The van der Waals surface area contributed by atoms with E-state index in [-0.39, 0.29) is 12.0 Å². The lowest BCUT2D eigenvalue weighted by atomic mass is 10.0. The van der Waals surface area contributed by atoms with Crippen LogP contribution in [0, 0.1) is 17.5 Å². The van der Waals surface area contributed by atoms with Crippen molar-refractivity contribution in [1.29, 1.82) is 0 Å². The predicted octanol–water partition coefficient (Wildman–Crippen LogP) is 5.28. The lowest BCUT2D eigenvalue weighted by Crippen LogP contribution is -2.03. The minimum Gasteiger partial charge on any atom is -0.207 e. The van der Waals surface area contributed by atoms with E-state index in [0.717, 1.165) is 5.56 Å². The summed E-state index contributed by atoms with van der Waals surface area (Å²) < 4.78 is 39.9. The van der Waals surface area contributed by atoms with E-state index in [4.69, 9.17) is 23.2 Å². The Labute approximate surface area is 118 Å². The SMILES string of the molecule is Fc1cc(F)c(C(Cl)Cc2cccc(Cl)c2)c(F)c1. The van der Waals surface area contributed by atoms with Crippen LogP contribution in [0.4, 0.5) is 13.2 Å². The molecular formula is C14H9Cl2F3. The van der Waals surface area contributed by atoms with Gasteiger partial charge in [0.25, 0.3) is 0 Å². The first kappa shape index (κ1) is 14.2. The first-order valence-corrected chi connectivity index (χ1v) is 6.32. The smallest absolute Gasteiger partial charge is 0.133 e. The fourth-order valence-corrected chi connectivity index (χ4v) is 2.43. The standard InChI is InChI=1S/C14H9Cl2F3/c15-9-3-1-2-8(4-9)5-11(16)14-12(18)6-10(17)7-13(14)19/h1-4,6-7,11H,5H2. The van der Waals surface area contributed by atoms with Crippen molar-refractivity contribution in [3.8, 4) is 0 Å². The van der Waals surface area contributed by atoms with Gasteiger partial charge in [0.1, 0.15) is 17.5 Å². The highest BCUT2D eigenvalue weighted by atomic mass is 35.5. The van der Waals surface area contributed by atoms with Crippen LogP contribution in [0.5, 0.6) is 0 Å². The zero-order chi connectivity index (χ0) is 14.0. The van der Waals surface area contributed by atoms with Crippen molar-refractivity contribution in [1.82, 2.24) is 0 Å². The zero-order valence-corrected chi connectivity index (χ0v) is 11.2. The van der Waals surface area contributed by atoms with Gasteiger partial charge in [-0.15, -0.1) is 11.6 Å². The average molecular weight is 305 g/mol. The minimum absolute atomic E-state index is 0.196. The molecule has 1 unspecified atom stereocenters. The van der Waals surface area contributed by atoms with Crippen molar-refractivity contribution < 1.29 is 13.2 Å². The molecule has 2 rings (SSSR count). The van der Waals surface area contributed by atoms with Crippen LogP contribution >= 0.6 is 23.2 Å². The molecule has 0 spiro atoms. The first-order chi connectivity index (χ1) is 8.97. The molecule has 0 amide bonds. The molecule has 2 aromatic rings. The summed E-state index contributed by atoms with van der Waals surface area (Å²) in [5.74, 6) is -2.94. The van der Waals surface area contributed by atoms with Crippen LogP contribution in [0.3, 0.4) is 0 Å². The van der Waals surface area contributed by atoms with Gasteiger partial charge in [-0.3, -0.25) is 0 Å². The summed E-state index contributed by atoms with van der Waals surface area (Å²) in [5.41, 5.74) is 0.415. The molecule has 0 radical (unpaired) electrons. The second-order valence-electron chi connectivity index (χ2n) is 4.08. The molecule has 0 heterocycles. The molecule has 0 bridgehead atoms. The van der Waals surface area contributed by atoms with E-state index in [2.05, 4.69) is 0 Å². The summed E-state index contributed by atoms with van der Waals surface area (Å²) in [5, 5.41) is -0.416. The third kappa shape index (κ3) is 3.43. The zero-order valence-electron chi connectivity index (χ0n) is 9.64. The third-order valence-corrected chi connectivity index (χ3v) is 3.27. The van der Waals surface area contributed by atoms with E-state index >= 15 is 0 Å². The summed E-state index contributed by atoms with van der Waals surface area (Å²) in [6.07, 6.45) is 0.196. The highest BCUT2D eigenvalue weighted by Crippen LogP contribution is 2.30. The van der Waals surface area contributed by atoms with Crippen LogP contribution in [0.2, 0.25) is 5.02 Å². The minimum atomic E-state index is -0.987. The summed E-state index contributed by atoms with van der Waals surface area (Å²) >= 11 is 11.8. The summed E-state index contributed by atoms with van der Waals surface area (Å²) in [6, 6.07) is 8.06. The van der Waals surface area contributed by atoms with Crippen LogP contribution < -0.4 is 0 Å². The summed E-state index contributed by atoms with van der Waals surface area (Å²) in [7, 11) is 0. The molecule has 0 fully saturated rings. The second-order valence-corrected chi connectivity index (χ2v) is 5.05. The van der Waals surface area contributed by atoms with Crippen molar-refractivity contribution in [2.75, 3.05) is 0 Å². The number of hydrogen-bond acceptors (Lipinski definition) is 0. The molecule has 0 nitrogen and oxygen atoms in total. The van der Waals surface area contributed by atoms with E-state index < -0.39 is 22.8 Å². The van der Waals surface area contributed by atoms with Crippen molar-refractivity contribution in [2.45, 2.75) is 11.8 Å². The summed E-state index contributed by atoms with van der Waals surface area (Å²) in [6.45, 7) is 0. The number of alkyl halides is 1. The Kier molecular flexibility index (Phi) is 4.38. The third-order valence-electron chi connectivity index (χ3n) is 2.66. The second kappa shape index (κ2) is 5.85. The molecule has 0 N–H and O–H groups in total. The Morgan fingerprint density at radius 3 is 2.21 bits per heavy atom. The molecule has 5 heteroatoms. The van der Waals surface area contributed by atoms with Gasteiger partial charge in [-0.1, -0.05) is 23.7 Å². The monoisotopic (exact) mass is 304 g/mol. The molecule has 0 aliphatic heterocycles. The molecule has 19 heavy (non-hydrogen) atoms. The highest BCUT2D eigenvalue weighted by molar-refractivity contribution is 6.30. The lowest BCUT2D eigenvalue weighted by Gasteiger charge is -2.12. The number of halogens is 5. The van der Waals surface area contributed by atoms with E-state index in [1.807, 2.05) is 0 Å². The lowest BCUT2D eigenvalue weighted by molar-refractivity contribution is 0.520. The largest absolute Gasteiger partial charge is 0.207 e. The van der Waals surface area contributed by atoms with Gasteiger partial charge in [0, 0.05) is 22.7 Å². The van der Waals surface area contributed by atoms with Crippen LogP contribution in [0.25, 0.3) is 0 Å². The fraction of sp³-hybridized carbons (Fsp3) is 0.143. The topological polar surface area (TPSA) is 0 Å². The van der Waals surface area contributed by atoms with Gasteiger partial charge < -0.3 is 0 Å². The van der Waals surface area contributed by atoms with Crippen molar-refractivity contribution in [3.05, 3.63) is 70.0 Å². The maximum absolute atomic E-state index is 13.6. The van der Waals surface area contributed by atoms with E-state index in [9.17, 15) is 13.2 Å².